The maximum absolute atomic E-state index is 10.9. The lowest BCUT2D eigenvalue weighted by atomic mass is 9.86. The van der Waals surface area contributed by atoms with Crippen LogP contribution >= 0.6 is 11.6 Å². The summed E-state index contributed by atoms with van der Waals surface area (Å²) < 4.78 is 0. The highest BCUT2D eigenvalue weighted by Gasteiger charge is 2.52. The minimum Gasteiger partial charge on any atom is -0.446 e. The second-order valence-corrected chi connectivity index (χ2v) is 5.71. The Hall–Kier alpha value is -1.79. The lowest BCUT2D eigenvalue weighted by Crippen LogP contribution is -2.43. The van der Waals surface area contributed by atoms with Crippen molar-refractivity contribution >= 4 is 23.5 Å². The molecule has 2 aliphatic rings. The molecule has 1 saturated heterocycles. The molecule has 0 aliphatic carbocycles. The third-order valence-corrected chi connectivity index (χ3v) is 4.09. The molecule has 1 aromatic rings. The predicted octanol–water partition coefficient (Wildman–Crippen LogP) is 2.21. The largest absolute Gasteiger partial charge is 0.575 e. The molecule has 0 aromatic heterocycles. The molecule has 2 heterocycles. The average molecular weight is 312 g/mol. The second kappa shape index (κ2) is 5.54. The van der Waals surface area contributed by atoms with Crippen LogP contribution < -0.4 is 5.32 Å². The lowest BCUT2D eigenvalue weighted by Gasteiger charge is -2.27. The smallest absolute Gasteiger partial charge is 0.446 e. The number of carbonyl (C=O) groups is 1. The van der Waals surface area contributed by atoms with Gasteiger partial charge in [-0.25, -0.2) is 4.84 Å². The summed E-state index contributed by atoms with van der Waals surface area (Å²) in [6, 6.07) is 7.19. The first kappa shape index (κ1) is 14.2. The van der Waals surface area contributed by atoms with E-state index in [9.17, 15) is 4.79 Å². The molecule has 0 radical (unpaired) electrons. The molecule has 0 bridgehead atoms. The highest BCUT2D eigenvalue weighted by atomic mass is 35.5. The van der Waals surface area contributed by atoms with Gasteiger partial charge in [0.1, 0.15) is 0 Å². The van der Waals surface area contributed by atoms with Crippen LogP contribution in [0.15, 0.2) is 24.3 Å². The Morgan fingerprint density at radius 1 is 1.33 bits per heavy atom. The van der Waals surface area contributed by atoms with E-state index in [2.05, 4.69) is 5.32 Å². The van der Waals surface area contributed by atoms with E-state index in [1.54, 1.807) is 12.1 Å². The van der Waals surface area contributed by atoms with Crippen molar-refractivity contribution in [3.63, 3.8) is 0 Å². The first-order valence-electron chi connectivity index (χ1n) is 6.81. The lowest BCUT2D eigenvalue weighted by molar-refractivity contribution is -0.955. The summed E-state index contributed by atoms with van der Waals surface area (Å²) in [4.78, 5) is 22.5. The Bertz CT molecular complexity index is 579. The van der Waals surface area contributed by atoms with Gasteiger partial charge in [0.25, 0.3) is 0 Å². The summed E-state index contributed by atoms with van der Waals surface area (Å²) >= 11 is 5.89. The number of carboxylic acid groups (broad SMARTS) is 1. The molecule has 7 heteroatoms. The number of nitrogens with zero attached hydrogens (tertiary/aromatic N) is 1. The molecule has 0 unspecified atom stereocenters. The summed E-state index contributed by atoms with van der Waals surface area (Å²) in [5.41, 5.74) is 1.15. The number of benzene rings is 1. The molecule has 0 saturated carbocycles. The van der Waals surface area contributed by atoms with Crippen molar-refractivity contribution < 1.29 is 24.5 Å². The topological polar surface area (TPSA) is 70.8 Å². The minimum absolute atomic E-state index is 0.393. The van der Waals surface area contributed by atoms with E-state index >= 15 is 0 Å². The monoisotopic (exact) mass is 311 g/mol. The van der Waals surface area contributed by atoms with Gasteiger partial charge < -0.3 is 10.4 Å². The van der Waals surface area contributed by atoms with E-state index in [0.717, 1.165) is 36.4 Å². The van der Waals surface area contributed by atoms with E-state index < -0.39 is 11.8 Å². The van der Waals surface area contributed by atoms with Crippen LogP contribution in [0.3, 0.4) is 0 Å². The third kappa shape index (κ3) is 2.96. The molecule has 112 valence electrons. The van der Waals surface area contributed by atoms with Crippen LogP contribution in [0.5, 0.6) is 0 Å². The number of nitrogens with one attached hydrogen (secondary N) is 1. The standard InChI is InChI=1S/C14H15ClN2O4/c15-11-3-1-10(2-4-11)12-9-14(5-7-16-8-6-14)21-17(12)20-13(18)19/h1-4,16H,5-9H2/p+1. The molecule has 2 aliphatic heterocycles. The van der Waals surface area contributed by atoms with E-state index in [-0.39, 0.29) is 0 Å². The van der Waals surface area contributed by atoms with Crippen LogP contribution in [0.25, 0.3) is 0 Å². The SMILES string of the molecule is O=C(O)O[N+]1=C(c2ccc(Cl)cc2)CC2(CCNCC2)O1. The average Bonchev–Trinajstić information content (AvgIpc) is 2.78. The number of hydrogen-bond acceptors (Lipinski definition) is 4. The summed E-state index contributed by atoms with van der Waals surface area (Å²) in [6.07, 6.45) is 0.837. The van der Waals surface area contributed by atoms with Crippen molar-refractivity contribution in [2.75, 3.05) is 13.1 Å². The molecule has 3 rings (SSSR count). The second-order valence-electron chi connectivity index (χ2n) is 5.27. The Morgan fingerprint density at radius 2 is 2.00 bits per heavy atom. The fourth-order valence-corrected chi connectivity index (χ4v) is 2.90. The summed E-state index contributed by atoms with van der Waals surface area (Å²) in [5, 5.41) is 12.8. The Kier molecular flexibility index (Phi) is 3.73. The normalized spacial score (nSPS) is 20.4. The highest BCUT2D eigenvalue weighted by Crippen LogP contribution is 2.34. The van der Waals surface area contributed by atoms with Crippen LogP contribution in [0.4, 0.5) is 4.79 Å². The van der Waals surface area contributed by atoms with Gasteiger partial charge in [0.2, 0.25) is 4.90 Å². The first-order valence-corrected chi connectivity index (χ1v) is 7.18. The van der Waals surface area contributed by atoms with Gasteiger partial charge in [-0.15, -0.1) is 4.84 Å². The molecule has 1 fully saturated rings. The van der Waals surface area contributed by atoms with Crippen LogP contribution in [0.1, 0.15) is 24.8 Å². The van der Waals surface area contributed by atoms with Gasteiger partial charge in [0, 0.05) is 17.9 Å². The molecule has 0 amide bonds. The molecule has 0 atom stereocenters. The van der Waals surface area contributed by atoms with Crippen LogP contribution in [0.2, 0.25) is 5.02 Å². The molecular weight excluding hydrogens is 296 g/mol. The van der Waals surface area contributed by atoms with Crippen LogP contribution in [-0.2, 0) is 9.68 Å². The van der Waals surface area contributed by atoms with Crippen molar-refractivity contribution in [1.29, 1.82) is 0 Å². The summed E-state index contributed by atoms with van der Waals surface area (Å²) in [7, 11) is 0. The van der Waals surface area contributed by atoms with Crippen molar-refractivity contribution in [2.24, 2.45) is 0 Å². The van der Waals surface area contributed by atoms with Gasteiger partial charge in [-0.1, -0.05) is 11.6 Å². The first-order chi connectivity index (χ1) is 10.1. The van der Waals surface area contributed by atoms with Gasteiger partial charge in [0.05, 0.1) is 12.0 Å². The van der Waals surface area contributed by atoms with Gasteiger partial charge in [-0.3, -0.25) is 0 Å². The minimum atomic E-state index is -1.40. The number of piperidine rings is 1. The van der Waals surface area contributed by atoms with E-state index in [0.29, 0.717) is 17.2 Å². The fraction of sp³-hybridized carbons (Fsp3) is 0.429. The fourth-order valence-electron chi connectivity index (χ4n) is 2.78. The van der Waals surface area contributed by atoms with Gasteiger partial charge in [-0.2, -0.15) is 4.79 Å². The molecule has 1 aromatic carbocycles. The van der Waals surface area contributed by atoms with E-state index in [1.807, 2.05) is 12.1 Å². The molecule has 21 heavy (non-hydrogen) atoms. The van der Waals surface area contributed by atoms with E-state index in [4.69, 9.17) is 26.4 Å². The number of rotatable bonds is 2. The Morgan fingerprint density at radius 3 is 2.62 bits per heavy atom. The van der Waals surface area contributed by atoms with Crippen molar-refractivity contribution in [1.82, 2.24) is 5.32 Å². The van der Waals surface area contributed by atoms with Gasteiger partial charge in [0.15, 0.2) is 5.60 Å². The zero-order valence-corrected chi connectivity index (χ0v) is 12.1. The third-order valence-electron chi connectivity index (χ3n) is 3.84. The van der Waals surface area contributed by atoms with Gasteiger partial charge in [-0.05, 0) is 37.4 Å². The Labute approximate surface area is 126 Å². The Balaban J connectivity index is 1.91. The molecule has 1 spiro atoms. The van der Waals surface area contributed by atoms with Crippen molar-refractivity contribution in [3.8, 4) is 0 Å². The number of halogens is 1. The van der Waals surface area contributed by atoms with Crippen LogP contribution in [0, 0.1) is 0 Å². The quantitative estimate of drug-likeness (QED) is 0.819. The molecule has 2 N–H and O–H groups in total. The maximum atomic E-state index is 10.9. The molecule has 6 nitrogen and oxygen atoms in total. The zero-order chi connectivity index (χ0) is 14.9. The van der Waals surface area contributed by atoms with Gasteiger partial charge >= 0.3 is 11.9 Å². The zero-order valence-electron chi connectivity index (χ0n) is 11.3. The number of hydrogen-bond donors (Lipinski definition) is 2. The molecular formula is C14H16ClN2O4+. The van der Waals surface area contributed by atoms with Crippen molar-refractivity contribution in [2.45, 2.75) is 24.9 Å². The summed E-state index contributed by atoms with van der Waals surface area (Å²) in [5.74, 6) is 0. The predicted molar refractivity (Wildman–Crippen MR) is 75.5 cm³/mol. The van der Waals surface area contributed by atoms with E-state index in [1.165, 1.54) is 0 Å². The summed E-state index contributed by atoms with van der Waals surface area (Å²) in [6.45, 7) is 1.68. The highest BCUT2D eigenvalue weighted by molar-refractivity contribution is 6.30. The van der Waals surface area contributed by atoms with Crippen LogP contribution in [-0.4, -0.2) is 40.6 Å². The van der Waals surface area contributed by atoms with Crippen molar-refractivity contribution in [3.05, 3.63) is 34.9 Å². The maximum Gasteiger partial charge on any atom is 0.575 e.